The molecule has 0 heterocycles. The van der Waals surface area contributed by atoms with E-state index in [4.69, 9.17) is 0 Å². The van der Waals surface area contributed by atoms with Gasteiger partial charge in [0.2, 0.25) is 5.91 Å². The van der Waals surface area contributed by atoms with E-state index in [9.17, 15) is 4.79 Å². The molecule has 0 radical (unpaired) electrons. The topological polar surface area (TPSA) is 41.1 Å². The van der Waals surface area contributed by atoms with Crippen molar-refractivity contribution >= 4 is 17.3 Å². The average Bonchev–Trinajstić information content (AvgIpc) is 2.46. The molecule has 2 N–H and O–H groups in total. The van der Waals surface area contributed by atoms with E-state index in [0.29, 0.717) is 12.5 Å². The molecule has 0 fully saturated rings. The second-order valence-electron chi connectivity index (χ2n) is 5.43. The summed E-state index contributed by atoms with van der Waals surface area (Å²) in [5, 5.41) is 6.34. The molecule has 0 unspecified atom stereocenters. The molecule has 2 aromatic rings. The van der Waals surface area contributed by atoms with Crippen LogP contribution in [-0.2, 0) is 11.3 Å². The lowest BCUT2D eigenvalue weighted by atomic mass is 10.0. The summed E-state index contributed by atoms with van der Waals surface area (Å²) in [5.74, 6) is 0.421. The zero-order chi connectivity index (χ0) is 15.2. The van der Waals surface area contributed by atoms with E-state index < -0.39 is 0 Å². The van der Waals surface area contributed by atoms with Crippen LogP contribution in [0.15, 0.2) is 48.5 Å². The first kappa shape index (κ1) is 15.1. The minimum Gasteiger partial charge on any atom is -0.381 e. The molecule has 0 aromatic heterocycles. The normalized spacial score (nSPS) is 10.5. The largest absolute Gasteiger partial charge is 0.381 e. The average molecular weight is 282 g/mol. The third-order valence-electron chi connectivity index (χ3n) is 3.38. The smallest absolute Gasteiger partial charge is 0.221 e. The zero-order valence-electron chi connectivity index (χ0n) is 12.8. The molecule has 2 aromatic carbocycles. The summed E-state index contributed by atoms with van der Waals surface area (Å²) in [6, 6.07) is 16.2. The summed E-state index contributed by atoms with van der Waals surface area (Å²) >= 11 is 0. The molecule has 110 valence electrons. The highest BCUT2D eigenvalue weighted by Gasteiger charge is 2.07. The van der Waals surface area contributed by atoms with Crippen LogP contribution in [-0.4, -0.2) is 5.91 Å². The van der Waals surface area contributed by atoms with Crippen molar-refractivity contribution in [2.24, 2.45) is 0 Å². The molecule has 0 aliphatic heterocycles. The van der Waals surface area contributed by atoms with E-state index in [0.717, 1.165) is 16.9 Å². The first-order valence-electron chi connectivity index (χ1n) is 7.26. The van der Waals surface area contributed by atoms with Gasteiger partial charge in [0.05, 0.1) is 0 Å². The molecule has 0 aliphatic rings. The van der Waals surface area contributed by atoms with Gasteiger partial charge in [-0.05, 0) is 29.2 Å². The van der Waals surface area contributed by atoms with Gasteiger partial charge in [0, 0.05) is 24.8 Å². The fraction of sp³-hybridized carbons (Fsp3) is 0.278. The Balaban J connectivity index is 2.15. The van der Waals surface area contributed by atoms with Gasteiger partial charge in [-0.15, -0.1) is 0 Å². The van der Waals surface area contributed by atoms with Gasteiger partial charge in [-0.1, -0.05) is 50.2 Å². The van der Waals surface area contributed by atoms with Crippen LogP contribution < -0.4 is 10.6 Å². The van der Waals surface area contributed by atoms with E-state index in [1.54, 1.807) is 0 Å². The highest BCUT2D eigenvalue weighted by Crippen LogP contribution is 2.25. The lowest BCUT2D eigenvalue weighted by Crippen LogP contribution is -2.10. The Kier molecular flexibility index (Phi) is 4.99. The zero-order valence-corrected chi connectivity index (χ0v) is 12.8. The van der Waals surface area contributed by atoms with Crippen LogP contribution in [0.5, 0.6) is 0 Å². The number of carbonyl (C=O) groups is 1. The number of rotatable bonds is 5. The van der Waals surface area contributed by atoms with Crippen molar-refractivity contribution in [1.29, 1.82) is 0 Å². The SMILES string of the molecule is CC(=O)Nc1ccccc1CNc1ccccc1C(C)C. The third kappa shape index (κ3) is 4.09. The van der Waals surface area contributed by atoms with E-state index >= 15 is 0 Å². The minimum atomic E-state index is -0.0509. The predicted octanol–water partition coefficient (Wildman–Crippen LogP) is 4.38. The number of benzene rings is 2. The van der Waals surface area contributed by atoms with Crippen LogP contribution in [0, 0.1) is 0 Å². The van der Waals surface area contributed by atoms with E-state index in [-0.39, 0.29) is 5.91 Å². The fourth-order valence-corrected chi connectivity index (χ4v) is 2.34. The highest BCUT2D eigenvalue weighted by molar-refractivity contribution is 5.89. The Morgan fingerprint density at radius 1 is 1.00 bits per heavy atom. The molecule has 3 heteroatoms. The highest BCUT2D eigenvalue weighted by atomic mass is 16.1. The summed E-state index contributed by atoms with van der Waals surface area (Å²) in [7, 11) is 0. The van der Waals surface area contributed by atoms with E-state index in [2.05, 4.69) is 42.7 Å². The van der Waals surface area contributed by atoms with Crippen LogP contribution in [0.2, 0.25) is 0 Å². The second-order valence-corrected chi connectivity index (χ2v) is 5.43. The Hall–Kier alpha value is -2.29. The Morgan fingerprint density at radius 3 is 2.29 bits per heavy atom. The Bertz CT molecular complexity index is 620. The van der Waals surface area contributed by atoms with Gasteiger partial charge in [0.1, 0.15) is 0 Å². The maximum absolute atomic E-state index is 11.3. The van der Waals surface area contributed by atoms with Gasteiger partial charge in [-0.3, -0.25) is 4.79 Å². The monoisotopic (exact) mass is 282 g/mol. The quantitative estimate of drug-likeness (QED) is 0.854. The Labute approximate surface area is 126 Å². The maximum atomic E-state index is 11.3. The van der Waals surface area contributed by atoms with Crippen molar-refractivity contribution in [3.63, 3.8) is 0 Å². The number of hydrogen-bond acceptors (Lipinski definition) is 2. The van der Waals surface area contributed by atoms with Crippen molar-refractivity contribution in [3.05, 3.63) is 59.7 Å². The van der Waals surface area contributed by atoms with Crippen LogP contribution in [0.3, 0.4) is 0 Å². The number of nitrogens with one attached hydrogen (secondary N) is 2. The maximum Gasteiger partial charge on any atom is 0.221 e. The molecule has 1 amide bonds. The number of carbonyl (C=O) groups excluding carboxylic acids is 1. The first-order valence-corrected chi connectivity index (χ1v) is 7.26. The molecule has 0 aliphatic carbocycles. The number of hydrogen-bond donors (Lipinski definition) is 2. The van der Waals surface area contributed by atoms with E-state index in [1.807, 2.05) is 30.3 Å². The van der Waals surface area contributed by atoms with Crippen LogP contribution in [0.25, 0.3) is 0 Å². The molecule has 3 nitrogen and oxygen atoms in total. The molecule has 0 saturated heterocycles. The van der Waals surface area contributed by atoms with Crippen LogP contribution >= 0.6 is 0 Å². The summed E-state index contributed by atoms with van der Waals surface area (Å²) in [4.78, 5) is 11.3. The van der Waals surface area contributed by atoms with Gasteiger partial charge in [0.25, 0.3) is 0 Å². The summed E-state index contributed by atoms with van der Waals surface area (Å²) < 4.78 is 0. The fourth-order valence-electron chi connectivity index (χ4n) is 2.34. The minimum absolute atomic E-state index is 0.0509. The van der Waals surface area contributed by atoms with Crippen molar-refractivity contribution < 1.29 is 4.79 Å². The Morgan fingerprint density at radius 2 is 1.62 bits per heavy atom. The van der Waals surface area contributed by atoms with Crippen LogP contribution in [0.1, 0.15) is 37.8 Å². The number of amides is 1. The van der Waals surface area contributed by atoms with Gasteiger partial charge in [-0.2, -0.15) is 0 Å². The molecule has 0 spiro atoms. The molecule has 21 heavy (non-hydrogen) atoms. The lowest BCUT2D eigenvalue weighted by Gasteiger charge is -2.16. The number of para-hydroxylation sites is 2. The summed E-state index contributed by atoms with van der Waals surface area (Å²) in [6.45, 7) is 6.58. The van der Waals surface area contributed by atoms with E-state index in [1.165, 1.54) is 12.5 Å². The lowest BCUT2D eigenvalue weighted by molar-refractivity contribution is -0.114. The molecule has 0 saturated carbocycles. The first-order chi connectivity index (χ1) is 10.1. The standard InChI is InChI=1S/C18H22N2O/c1-13(2)16-9-5-7-11-18(16)19-12-15-8-4-6-10-17(15)20-14(3)21/h4-11,13,19H,12H2,1-3H3,(H,20,21). The van der Waals surface area contributed by atoms with Gasteiger partial charge >= 0.3 is 0 Å². The van der Waals surface area contributed by atoms with Gasteiger partial charge in [0.15, 0.2) is 0 Å². The molecule has 0 bridgehead atoms. The van der Waals surface area contributed by atoms with Gasteiger partial charge < -0.3 is 10.6 Å². The number of anilines is 2. The van der Waals surface area contributed by atoms with Crippen molar-refractivity contribution in [2.75, 3.05) is 10.6 Å². The van der Waals surface area contributed by atoms with Crippen LogP contribution in [0.4, 0.5) is 11.4 Å². The van der Waals surface area contributed by atoms with Crippen molar-refractivity contribution in [3.8, 4) is 0 Å². The van der Waals surface area contributed by atoms with Crippen molar-refractivity contribution in [1.82, 2.24) is 0 Å². The van der Waals surface area contributed by atoms with Crippen molar-refractivity contribution in [2.45, 2.75) is 33.2 Å². The van der Waals surface area contributed by atoms with Gasteiger partial charge in [-0.25, -0.2) is 0 Å². The molecule has 2 rings (SSSR count). The molecular formula is C18H22N2O. The summed E-state index contributed by atoms with van der Waals surface area (Å²) in [6.07, 6.45) is 0. The predicted molar refractivity (Wildman–Crippen MR) is 88.6 cm³/mol. The third-order valence-corrected chi connectivity index (χ3v) is 3.38. The second kappa shape index (κ2) is 6.93. The summed E-state index contributed by atoms with van der Waals surface area (Å²) in [5.41, 5.74) is 4.38. The molecular weight excluding hydrogens is 260 g/mol. The molecule has 0 atom stereocenters.